The van der Waals surface area contributed by atoms with Crippen LogP contribution in [-0.4, -0.2) is 107 Å². The number of methoxy groups -OCH3 is 2. The topological polar surface area (TPSA) is 168 Å². The number of carbonyl (C=O) groups excluding carboxylic acids is 4. The number of aromatic hydroxyl groups is 1. The van der Waals surface area contributed by atoms with Gasteiger partial charge in [0, 0.05) is 64.3 Å². The number of benzene rings is 3. The summed E-state index contributed by atoms with van der Waals surface area (Å²) in [7, 11) is 2.85. The Morgan fingerprint density at radius 2 is 1.70 bits per heavy atom. The van der Waals surface area contributed by atoms with Crippen molar-refractivity contribution in [2.45, 2.75) is 101 Å². The lowest BCUT2D eigenvalue weighted by Gasteiger charge is -2.56. The minimum Gasteiger partial charge on any atom is -0.504 e. The quantitative estimate of drug-likeness (QED) is 0.162. The van der Waals surface area contributed by atoms with Crippen LogP contribution in [0.25, 0.3) is 11.1 Å². The SMILES string of the molecule is COC1=C(C)C(=O)C2=C(C1=O)[C@H](COC(=O)[C@@H](CSCC1c3ccccc3-c3ccccc31)NC(=O)OC(C)(C)C)N1C(C2)[C@H]2c3c(cc(C)c(OC)c3O)[C@@]3(C)C[C@]1(C#N)CN23. The van der Waals surface area contributed by atoms with Gasteiger partial charge in [0.2, 0.25) is 5.78 Å². The molecule has 0 aromatic heterocycles. The van der Waals surface area contributed by atoms with Crippen molar-refractivity contribution < 1.29 is 43.2 Å². The Morgan fingerprint density at radius 1 is 1.03 bits per heavy atom. The van der Waals surface area contributed by atoms with E-state index in [1.165, 1.54) is 48.2 Å². The Bertz CT molecular complexity index is 2560. The number of ketones is 2. The third-order valence-electron chi connectivity index (χ3n) is 13.9. The fourth-order valence-corrected chi connectivity index (χ4v) is 12.7. The summed E-state index contributed by atoms with van der Waals surface area (Å²) in [6.45, 7) is 10.6. The number of amides is 1. The number of nitrogens with one attached hydrogen (secondary N) is 1. The maximum Gasteiger partial charge on any atom is 0.408 e. The van der Waals surface area contributed by atoms with Crippen LogP contribution in [0.15, 0.2) is 77.1 Å². The second-order valence-corrected chi connectivity index (χ2v) is 19.8. The number of Topliss-reactive ketones (excluding diaryl/α,β-unsaturated/α-hetero) is 2. The van der Waals surface area contributed by atoms with Gasteiger partial charge in [-0.25, -0.2) is 9.59 Å². The number of hydrogen-bond donors (Lipinski definition) is 2. The number of hydrogen-bond acceptors (Lipinski definition) is 13. The molecule has 14 heteroatoms. The van der Waals surface area contributed by atoms with Crippen molar-refractivity contribution in [3.05, 3.63) is 105 Å². The van der Waals surface area contributed by atoms with Crippen molar-refractivity contribution in [1.29, 1.82) is 5.26 Å². The Labute approximate surface area is 371 Å². The summed E-state index contributed by atoms with van der Waals surface area (Å²) in [5.74, 6) is -0.561. The first-order valence-corrected chi connectivity index (χ1v) is 22.5. The predicted molar refractivity (Wildman–Crippen MR) is 235 cm³/mol. The first-order valence-electron chi connectivity index (χ1n) is 21.3. The van der Waals surface area contributed by atoms with E-state index < -0.39 is 65.3 Å². The molecule has 6 atom stereocenters. The zero-order valence-corrected chi connectivity index (χ0v) is 37.6. The molecule has 13 nitrogen and oxygen atoms in total. The smallest absolute Gasteiger partial charge is 0.408 e. The highest BCUT2D eigenvalue weighted by Crippen LogP contribution is 2.66. The van der Waals surface area contributed by atoms with Crippen LogP contribution in [0, 0.1) is 18.3 Å². The number of aryl methyl sites for hydroxylation is 1. The van der Waals surface area contributed by atoms with Gasteiger partial charge in [0.1, 0.15) is 23.8 Å². The first-order chi connectivity index (χ1) is 30.0. The largest absolute Gasteiger partial charge is 0.504 e. The van der Waals surface area contributed by atoms with E-state index in [9.17, 15) is 29.5 Å². The number of thioether (sulfide) groups is 1. The molecular weight excluding hydrogens is 821 g/mol. The number of nitriles is 1. The number of allylic oxidation sites excluding steroid dienone is 2. The van der Waals surface area contributed by atoms with Crippen LogP contribution in [0.5, 0.6) is 11.5 Å². The Hall–Kier alpha value is -5.62. The number of phenolic OH excluding ortho intramolecular Hbond substituents is 1. The van der Waals surface area contributed by atoms with Gasteiger partial charge < -0.3 is 29.4 Å². The second kappa shape index (κ2) is 15.3. The van der Waals surface area contributed by atoms with Gasteiger partial charge in [-0.15, -0.1) is 0 Å². The van der Waals surface area contributed by atoms with E-state index in [1.54, 1.807) is 27.7 Å². The van der Waals surface area contributed by atoms with E-state index in [2.05, 4.69) is 47.5 Å². The molecule has 9 rings (SSSR count). The van der Waals surface area contributed by atoms with Crippen molar-refractivity contribution in [2.24, 2.45) is 0 Å². The number of carbonyl (C=O) groups is 4. The van der Waals surface area contributed by atoms with Gasteiger partial charge in [-0.3, -0.25) is 19.4 Å². The minimum absolute atomic E-state index is 0.00205. The molecule has 0 spiro atoms. The normalized spacial score (nSPS) is 26.3. The summed E-state index contributed by atoms with van der Waals surface area (Å²) in [4.78, 5) is 60.9. The van der Waals surface area contributed by atoms with Crippen molar-refractivity contribution in [2.75, 3.05) is 38.9 Å². The van der Waals surface area contributed by atoms with Crippen molar-refractivity contribution >= 4 is 35.4 Å². The summed E-state index contributed by atoms with van der Waals surface area (Å²) in [5, 5.41) is 25.9. The lowest BCUT2D eigenvalue weighted by atomic mass is 9.70. The minimum atomic E-state index is -1.18. The van der Waals surface area contributed by atoms with Gasteiger partial charge in [-0.2, -0.15) is 17.0 Å². The summed E-state index contributed by atoms with van der Waals surface area (Å²) in [5.41, 5.74) is 4.88. The summed E-state index contributed by atoms with van der Waals surface area (Å²) in [6.07, 6.45) is -0.376. The number of phenols is 1. The Kier molecular flexibility index (Phi) is 10.3. The average Bonchev–Trinajstić information content (AvgIpc) is 3.80. The molecule has 3 aromatic rings. The van der Waals surface area contributed by atoms with Crippen LogP contribution < -0.4 is 10.1 Å². The molecule has 1 amide bonds. The van der Waals surface area contributed by atoms with Crippen LogP contribution in [0.3, 0.4) is 0 Å². The number of fused-ring (bicyclic) bond motifs is 10. The van der Waals surface area contributed by atoms with Crippen LogP contribution in [0.1, 0.15) is 87.2 Å². The van der Waals surface area contributed by atoms with E-state index >= 15 is 0 Å². The van der Waals surface area contributed by atoms with E-state index in [0.717, 1.165) is 11.1 Å². The third kappa shape index (κ3) is 6.48. The van der Waals surface area contributed by atoms with Crippen LogP contribution in [0.4, 0.5) is 4.79 Å². The molecule has 2 N–H and O–H groups in total. The molecule has 4 heterocycles. The van der Waals surface area contributed by atoms with Gasteiger partial charge in [-0.05, 0) is 87.4 Å². The summed E-state index contributed by atoms with van der Waals surface area (Å²) in [6, 6.07) is 17.9. The lowest BCUT2D eigenvalue weighted by Crippen LogP contribution is -2.68. The lowest BCUT2D eigenvalue weighted by molar-refractivity contribution is -0.149. The van der Waals surface area contributed by atoms with E-state index in [-0.39, 0.29) is 58.6 Å². The molecule has 63 heavy (non-hydrogen) atoms. The molecule has 2 saturated heterocycles. The zero-order valence-electron chi connectivity index (χ0n) is 36.8. The molecule has 328 valence electrons. The number of alkyl carbamates (subject to hydrolysis) is 1. The fraction of sp³-hybridized carbons (Fsp3) is 0.449. The van der Waals surface area contributed by atoms with Gasteiger partial charge in [0.15, 0.2) is 23.0 Å². The molecule has 1 unspecified atom stereocenters. The molecule has 2 aliphatic carbocycles. The average molecular weight is 873 g/mol. The highest BCUT2D eigenvalue weighted by Gasteiger charge is 2.71. The van der Waals surface area contributed by atoms with Crippen LogP contribution >= 0.6 is 11.8 Å². The summed E-state index contributed by atoms with van der Waals surface area (Å²) >= 11 is 1.50. The van der Waals surface area contributed by atoms with Crippen molar-refractivity contribution in [1.82, 2.24) is 15.1 Å². The highest BCUT2D eigenvalue weighted by molar-refractivity contribution is 7.99. The van der Waals surface area contributed by atoms with E-state index in [1.807, 2.05) is 42.2 Å². The fourth-order valence-electron chi connectivity index (χ4n) is 11.5. The highest BCUT2D eigenvalue weighted by atomic mass is 32.2. The van der Waals surface area contributed by atoms with Gasteiger partial charge in [-0.1, -0.05) is 48.5 Å². The van der Waals surface area contributed by atoms with Gasteiger partial charge >= 0.3 is 12.1 Å². The van der Waals surface area contributed by atoms with Crippen LogP contribution in [-0.2, 0) is 34.1 Å². The third-order valence-corrected chi connectivity index (χ3v) is 15.1. The number of rotatable bonds is 10. The van der Waals surface area contributed by atoms with Gasteiger partial charge in [0.25, 0.3) is 0 Å². The molecule has 6 aliphatic rings. The maximum absolute atomic E-state index is 14.5. The number of ether oxygens (including phenoxy) is 4. The molecule has 4 aliphatic heterocycles. The summed E-state index contributed by atoms with van der Waals surface area (Å²) < 4.78 is 23.0. The predicted octanol–water partition coefficient (Wildman–Crippen LogP) is 6.75. The Morgan fingerprint density at radius 3 is 2.32 bits per heavy atom. The molecule has 0 radical (unpaired) electrons. The zero-order chi connectivity index (χ0) is 44.9. The second-order valence-electron chi connectivity index (χ2n) is 18.7. The van der Waals surface area contributed by atoms with Crippen molar-refractivity contribution in [3.8, 4) is 28.7 Å². The van der Waals surface area contributed by atoms with Crippen molar-refractivity contribution in [3.63, 3.8) is 0 Å². The van der Waals surface area contributed by atoms with Crippen LogP contribution in [0.2, 0.25) is 0 Å². The number of esters is 1. The van der Waals surface area contributed by atoms with E-state index in [0.29, 0.717) is 23.5 Å². The molecule has 2 bridgehead atoms. The number of piperazine rings is 1. The Balaban J connectivity index is 1.06. The monoisotopic (exact) mass is 872 g/mol. The molecule has 0 saturated carbocycles. The van der Waals surface area contributed by atoms with E-state index in [4.69, 9.17) is 18.9 Å². The first kappa shape index (κ1) is 42.7. The molecule has 3 aromatic carbocycles. The van der Waals surface area contributed by atoms with Gasteiger partial charge in [0.05, 0.1) is 32.4 Å². The molecule has 2 fully saturated rings. The molecular formula is C49H52N4O9S. The maximum atomic E-state index is 14.5. The number of nitrogens with zero attached hydrogens (tertiary/aromatic N) is 3. The standard InChI is InChI=1S/C49H52N4O9S/c1-25-17-33-38(42(56)43(25)59-7)39-35-18-31-37(41(55)44(60-8)26(2)40(31)54)36(53(35)49(23-50)22-48(33,6)52(39)24-49)19-61-45(57)34(51-46(58)62-47(3,4)5)21-63-20-32-29-15-11-9-13-27(29)28-14-10-12-16-30(28)32/h9-17,32,34-36,39,56H,18-22,24H2,1-8H3,(H,51,58)/t34-,35?,36+,39+,48-,49+/m1/s1.